The summed E-state index contributed by atoms with van der Waals surface area (Å²) < 4.78 is 1.96. The Morgan fingerprint density at radius 2 is 1.65 bits per heavy atom. The Kier molecular flexibility index (Phi) is 3.93. The average molecular weight is 268 g/mol. The highest BCUT2D eigenvalue weighted by Gasteiger charge is 2.19. The SMILES string of the molecule is C/[N+](=C\c1ccccc1)c1cc(C(C)(C)C)ccc1O. The topological polar surface area (TPSA) is 23.2 Å². The molecule has 0 aliphatic rings. The second kappa shape index (κ2) is 5.49. The first-order chi connectivity index (χ1) is 9.38. The monoisotopic (exact) mass is 268 g/mol. The molecule has 0 saturated carbocycles. The molecule has 0 atom stereocenters. The van der Waals surface area contributed by atoms with Crippen LogP contribution in [-0.4, -0.2) is 22.9 Å². The summed E-state index contributed by atoms with van der Waals surface area (Å²) in [5, 5.41) is 10.1. The summed E-state index contributed by atoms with van der Waals surface area (Å²) in [6.07, 6.45) is 2.02. The standard InChI is InChI=1S/C18H21NO/c1-18(2,3)15-10-11-17(20)16(12-15)19(4)13-14-8-6-5-7-9-14/h5-13H,1-4H3/p+1/b19-13+. The van der Waals surface area contributed by atoms with Crippen molar-refractivity contribution in [2.24, 2.45) is 0 Å². The Bertz CT molecular complexity index is 622. The summed E-state index contributed by atoms with van der Waals surface area (Å²) in [4.78, 5) is 0. The predicted molar refractivity (Wildman–Crippen MR) is 84.3 cm³/mol. The quantitative estimate of drug-likeness (QED) is 0.643. The van der Waals surface area contributed by atoms with Crippen molar-refractivity contribution >= 4 is 11.9 Å². The molecule has 0 fully saturated rings. The molecule has 0 aromatic heterocycles. The normalized spacial score (nSPS) is 12.5. The molecule has 20 heavy (non-hydrogen) atoms. The van der Waals surface area contributed by atoms with E-state index in [4.69, 9.17) is 0 Å². The molecule has 0 spiro atoms. The van der Waals surface area contributed by atoms with Crippen molar-refractivity contribution in [1.82, 2.24) is 0 Å². The van der Waals surface area contributed by atoms with Gasteiger partial charge in [0, 0.05) is 11.6 Å². The smallest absolute Gasteiger partial charge is 0.247 e. The number of rotatable bonds is 2. The zero-order valence-corrected chi connectivity index (χ0v) is 12.6. The third-order valence-electron chi connectivity index (χ3n) is 3.36. The van der Waals surface area contributed by atoms with Crippen LogP contribution in [0.3, 0.4) is 0 Å². The molecule has 0 radical (unpaired) electrons. The van der Waals surface area contributed by atoms with Crippen molar-refractivity contribution in [3.63, 3.8) is 0 Å². The Labute approximate surface area is 121 Å². The zero-order chi connectivity index (χ0) is 14.8. The number of nitrogens with zero attached hydrogens (tertiary/aromatic N) is 1. The molecule has 0 heterocycles. The van der Waals surface area contributed by atoms with Crippen LogP contribution in [0, 0.1) is 0 Å². The van der Waals surface area contributed by atoms with Crippen LogP contribution in [0.15, 0.2) is 48.5 Å². The van der Waals surface area contributed by atoms with Crippen molar-refractivity contribution < 1.29 is 9.68 Å². The molecular weight excluding hydrogens is 246 g/mol. The molecule has 0 aliphatic heterocycles. The highest BCUT2D eigenvalue weighted by molar-refractivity contribution is 5.76. The van der Waals surface area contributed by atoms with Crippen LogP contribution < -0.4 is 0 Å². The second-order valence-corrected chi connectivity index (χ2v) is 6.10. The fraction of sp³-hybridized carbons (Fsp3) is 0.278. The van der Waals surface area contributed by atoms with Gasteiger partial charge < -0.3 is 5.11 Å². The number of hydrogen-bond donors (Lipinski definition) is 1. The van der Waals surface area contributed by atoms with Crippen molar-refractivity contribution in [2.75, 3.05) is 7.05 Å². The molecule has 2 heteroatoms. The third kappa shape index (κ3) is 3.27. The van der Waals surface area contributed by atoms with Gasteiger partial charge in [0.1, 0.15) is 7.05 Å². The highest BCUT2D eigenvalue weighted by atomic mass is 16.3. The summed E-state index contributed by atoms with van der Waals surface area (Å²) in [5.41, 5.74) is 3.20. The van der Waals surface area contributed by atoms with Crippen LogP contribution in [0.5, 0.6) is 5.75 Å². The molecule has 0 bridgehead atoms. The third-order valence-corrected chi connectivity index (χ3v) is 3.36. The van der Waals surface area contributed by atoms with E-state index < -0.39 is 0 Å². The molecular formula is C18H22NO+. The molecule has 0 aliphatic carbocycles. The van der Waals surface area contributed by atoms with E-state index >= 15 is 0 Å². The Morgan fingerprint density at radius 1 is 1.00 bits per heavy atom. The van der Waals surface area contributed by atoms with Gasteiger partial charge in [0.05, 0.1) is 0 Å². The van der Waals surface area contributed by atoms with Crippen molar-refractivity contribution in [3.05, 3.63) is 59.7 Å². The van der Waals surface area contributed by atoms with E-state index in [0.29, 0.717) is 5.75 Å². The maximum absolute atomic E-state index is 10.1. The van der Waals surface area contributed by atoms with Gasteiger partial charge in [0.25, 0.3) is 0 Å². The van der Waals surface area contributed by atoms with Crippen molar-refractivity contribution in [2.45, 2.75) is 26.2 Å². The number of phenolic OH excluding ortho intramolecular Hbond substituents is 1. The predicted octanol–water partition coefficient (Wildman–Crippen LogP) is 4.08. The zero-order valence-electron chi connectivity index (χ0n) is 12.6. The number of phenols is 1. The highest BCUT2D eigenvalue weighted by Crippen LogP contribution is 2.31. The van der Waals surface area contributed by atoms with Crippen LogP contribution in [-0.2, 0) is 5.41 Å². The number of aromatic hydroxyl groups is 1. The van der Waals surface area contributed by atoms with Gasteiger partial charge in [-0.05, 0) is 29.2 Å². The van der Waals surface area contributed by atoms with Crippen LogP contribution in [0.1, 0.15) is 31.9 Å². The van der Waals surface area contributed by atoms with Gasteiger partial charge in [0.2, 0.25) is 5.69 Å². The molecule has 0 unspecified atom stereocenters. The first-order valence-electron chi connectivity index (χ1n) is 6.84. The van der Waals surface area contributed by atoms with E-state index in [2.05, 4.69) is 26.8 Å². The van der Waals surface area contributed by atoms with E-state index in [1.54, 1.807) is 6.07 Å². The van der Waals surface area contributed by atoms with Gasteiger partial charge in [0.15, 0.2) is 12.0 Å². The first-order valence-corrected chi connectivity index (χ1v) is 6.84. The Balaban J connectivity index is 2.44. The molecule has 0 amide bonds. The number of hydrogen-bond acceptors (Lipinski definition) is 1. The Hall–Kier alpha value is -2.09. The average Bonchev–Trinajstić information content (AvgIpc) is 2.39. The van der Waals surface area contributed by atoms with Gasteiger partial charge in [-0.1, -0.05) is 45.0 Å². The fourth-order valence-corrected chi connectivity index (χ4v) is 2.10. The lowest BCUT2D eigenvalue weighted by Crippen LogP contribution is -2.11. The van der Waals surface area contributed by atoms with E-state index in [-0.39, 0.29) is 5.41 Å². The second-order valence-electron chi connectivity index (χ2n) is 6.10. The van der Waals surface area contributed by atoms with Crippen molar-refractivity contribution in [3.8, 4) is 5.75 Å². The minimum absolute atomic E-state index is 0.0655. The van der Waals surface area contributed by atoms with E-state index in [1.165, 1.54) is 5.56 Å². The summed E-state index contributed by atoms with van der Waals surface area (Å²) in [5.74, 6) is 0.299. The largest absolute Gasteiger partial charge is 0.502 e. The fourth-order valence-electron chi connectivity index (χ4n) is 2.10. The summed E-state index contributed by atoms with van der Waals surface area (Å²) in [7, 11) is 1.95. The van der Waals surface area contributed by atoms with E-state index in [1.807, 2.05) is 54.2 Å². The van der Waals surface area contributed by atoms with Gasteiger partial charge in [-0.2, -0.15) is 4.58 Å². The molecule has 2 rings (SSSR count). The maximum atomic E-state index is 10.1. The molecule has 0 saturated heterocycles. The van der Waals surface area contributed by atoms with E-state index in [0.717, 1.165) is 11.3 Å². The molecule has 2 nitrogen and oxygen atoms in total. The molecule has 2 aromatic rings. The summed E-state index contributed by atoms with van der Waals surface area (Å²) >= 11 is 0. The van der Waals surface area contributed by atoms with Crippen LogP contribution in [0.4, 0.5) is 5.69 Å². The molecule has 104 valence electrons. The van der Waals surface area contributed by atoms with Crippen molar-refractivity contribution in [1.29, 1.82) is 0 Å². The maximum Gasteiger partial charge on any atom is 0.247 e. The first kappa shape index (κ1) is 14.3. The van der Waals surface area contributed by atoms with Crippen LogP contribution >= 0.6 is 0 Å². The Morgan fingerprint density at radius 3 is 2.25 bits per heavy atom. The van der Waals surface area contributed by atoms with Gasteiger partial charge in [-0.25, -0.2) is 0 Å². The minimum Gasteiger partial charge on any atom is -0.502 e. The summed E-state index contributed by atoms with van der Waals surface area (Å²) in [6.45, 7) is 6.51. The summed E-state index contributed by atoms with van der Waals surface area (Å²) in [6, 6.07) is 15.9. The molecule has 2 aromatic carbocycles. The lowest BCUT2D eigenvalue weighted by molar-refractivity contribution is -0.400. The lowest BCUT2D eigenvalue weighted by atomic mass is 9.87. The van der Waals surface area contributed by atoms with Crippen LogP contribution in [0.2, 0.25) is 0 Å². The minimum atomic E-state index is 0.0655. The van der Waals surface area contributed by atoms with Gasteiger partial charge in [-0.15, -0.1) is 0 Å². The molecule has 1 N–H and O–H groups in total. The van der Waals surface area contributed by atoms with Crippen LogP contribution in [0.25, 0.3) is 0 Å². The van der Waals surface area contributed by atoms with Gasteiger partial charge in [-0.3, -0.25) is 0 Å². The number of benzene rings is 2. The lowest BCUT2D eigenvalue weighted by Gasteiger charge is -2.19. The van der Waals surface area contributed by atoms with E-state index in [9.17, 15) is 5.11 Å². The van der Waals surface area contributed by atoms with Gasteiger partial charge >= 0.3 is 0 Å².